The summed E-state index contributed by atoms with van der Waals surface area (Å²) in [6, 6.07) is 16.2. The van der Waals surface area contributed by atoms with Crippen molar-refractivity contribution in [3.8, 4) is 0 Å². The third-order valence-corrected chi connectivity index (χ3v) is 7.97. The van der Waals surface area contributed by atoms with Gasteiger partial charge in [-0.25, -0.2) is 9.59 Å². The summed E-state index contributed by atoms with van der Waals surface area (Å²) in [5.41, 5.74) is 5.71. The Balaban J connectivity index is 1.54. The molecule has 2 atom stereocenters. The Morgan fingerprint density at radius 1 is 0.794 bits per heavy atom. The van der Waals surface area contributed by atoms with Gasteiger partial charge in [0.2, 0.25) is 0 Å². The van der Waals surface area contributed by atoms with Crippen LogP contribution in [0.1, 0.15) is 16.8 Å². The number of esters is 2. The molecule has 2 aromatic carbocycles. The first-order valence-corrected chi connectivity index (χ1v) is 11.9. The third-order valence-electron chi connectivity index (χ3n) is 7.97. The van der Waals surface area contributed by atoms with E-state index in [0.717, 1.165) is 64.7 Å². The summed E-state index contributed by atoms with van der Waals surface area (Å²) in [6.45, 7) is 3.09. The lowest BCUT2D eigenvalue weighted by atomic mass is 9.85. The molecule has 2 aromatic heterocycles. The van der Waals surface area contributed by atoms with Crippen LogP contribution in [-0.4, -0.2) is 46.1 Å². The van der Waals surface area contributed by atoms with Gasteiger partial charge < -0.3 is 18.8 Å². The highest BCUT2D eigenvalue weighted by atomic mass is 16.6. The molecule has 34 heavy (non-hydrogen) atoms. The van der Waals surface area contributed by atoms with Gasteiger partial charge >= 0.3 is 11.9 Å². The number of benzene rings is 2. The molecule has 6 nitrogen and oxygen atoms in total. The molecular formula is C28H25N3O3. The minimum Gasteiger partial charge on any atom is -0.386 e. The largest absolute Gasteiger partial charge is 0.386 e. The van der Waals surface area contributed by atoms with Crippen molar-refractivity contribution in [2.75, 3.05) is 20.1 Å². The molecule has 1 saturated heterocycles. The molecule has 0 N–H and O–H groups in total. The predicted octanol–water partition coefficient (Wildman–Crippen LogP) is 3.86. The number of ether oxygens (including phenoxy) is 1. The first-order valence-electron chi connectivity index (χ1n) is 11.9. The number of aryl methyl sites for hydroxylation is 1. The third kappa shape index (κ3) is 2.60. The van der Waals surface area contributed by atoms with Crippen LogP contribution in [0.4, 0.5) is 0 Å². The van der Waals surface area contributed by atoms with Crippen molar-refractivity contribution in [2.45, 2.75) is 13.0 Å². The molecule has 0 radical (unpaired) electrons. The van der Waals surface area contributed by atoms with Gasteiger partial charge in [0.1, 0.15) is 0 Å². The maximum atomic E-state index is 13.3. The lowest BCUT2D eigenvalue weighted by molar-refractivity contribution is -0.149. The molecule has 4 aromatic rings. The fraction of sp³-hybridized carbons (Fsp3) is 0.286. The fourth-order valence-electron chi connectivity index (χ4n) is 6.55. The van der Waals surface area contributed by atoms with Crippen LogP contribution < -0.4 is 0 Å². The average molecular weight is 452 g/mol. The van der Waals surface area contributed by atoms with Crippen molar-refractivity contribution in [3.63, 3.8) is 0 Å². The van der Waals surface area contributed by atoms with Crippen LogP contribution in [0.3, 0.4) is 0 Å². The SMILES string of the molecule is CN1C[C@H]2Cc3c(C4=C(c5cn(C)c6ccccc56)C(=O)OC4=O)c4ccccc4n3C[C@@H]2C1. The molecule has 0 spiro atoms. The number of likely N-dealkylation sites (tertiary alicyclic amines) is 1. The second-order valence-corrected chi connectivity index (χ2v) is 9.99. The van der Waals surface area contributed by atoms with Gasteiger partial charge in [-0.1, -0.05) is 36.4 Å². The van der Waals surface area contributed by atoms with Crippen LogP contribution in [0.5, 0.6) is 0 Å². The first kappa shape index (κ1) is 19.8. The van der Waals surface area contributed by atoms with E-state index in [9.17, 15) is 9.59 Å². The van der Waals surface area contributed by atoms with E-state index >= 15 is 0 Å². The van der Waals surface area contributed by atoms with E-state index in [4.69, 9.17) is 4.74 Å². The van der Waals surface area contributed by atoms with Crippen LogP contribution in [0.25, 0.3) is 33.0 Å². The molecule has 0 unspecified atom stereocenters. The van der Waals surface area contributed by atoms with Crippen molar-refractivity contribution in [1.29, 1.82) is 0 Å². The summed E-state index contributed by atoms with van der Waals surface area (Å²) < 4.78 is 9.67. The zero-order valence-electron chi connectivity index (χ0n) is 19.2. The molecule has 0 amide bonds. The summed E-state index contributed by atoms with van der Waals surface area (Å²) in [6.07, 6.45) is 2.83. The first-order chi connectivity index (χ1) is 16.5. The molecule has 5 heterocycles. The topological polar surface area (TPSA) is 56.5 Å². The zero-order valence-corrected chi connectivity index (χ0v) is 19.2. The predicted molar refractivity (Wildman–Crippen MR) is 131 cm³/mol. The molecule has 0 saturated carbocycles. The molecule has 0 bridgehead atoms. The smallest absolute Gasteiger partial charge is 0.347 e. The number of rotatable bonds is 2. The number of cyclic esters (lactones) is 2. The van der Waals surface area contributed by atoms with Gasteiger partial charge in [-0.15, -0.1) is 0 Å². The normalized spacial score (nSPS) is 22.6. The Kier molecular flexibility index (Phi) is 4.04. The minimum atomic E-state index is -0.560. The van der Waals surface area contributed by atoms with Gasteiger partial charge in [-0.2, -0.15) is 0 Å². The summed E-state index contributed by atoms with van der Waals surface area (Å²) >= 11 is 0. The number of fused-ring (bicyclic) bond motifs is 5. The van der Waals surface area contributed by atoms with Gasteiger partial charge in [0, 0.05) is 71.5 Å². The molecule has 170 valence electrons. The average Bonchev–Trinajstić information content (AvgIpc) is 3.53. The van der Waals surface area contributed by atoms with Crippen molar-refractivity contribution >= 4 is 44.9 Å². The number of nitrogens with zero attached hydrogens (tertiary/aromatic N) is 3. The van der Waals surface area contributed by atoms with Crippen molar-refractivity contribution in [3.05, 3.63) is 71.5 Å². The van der Waals surface area contributed by atoms with Crippen LogP contribution in [0.15, 0.2) is 54.7 Å². The van der Waals surface area contributed by atoms with E-state index in [0.29, 0.717) is 23.0 Å². The molecule has 3 aliphatic rings. The Morgan fingerprint density at radius 3 is 2.29 bits per heavy atom. The van der Waals surface area contributed by atoms with E-state index < -0.39 is 11.9 Å². The van der Waals surface area contributed by atoms with Crippen molar-refractivity contribution in [1.82, 2.24) is 14.0 Å². The Labute approximate surface area is 197 Å². The highest BCUT2D eigenvalue weighted by Crippen LogP contribution is 2.45. The minimum absolute atomic E-state index is 0.381. The number of aromatic nitrogens is 2. The quantitative estimate of drug-likeness (QED) is 0.343. The van der Waals surface area contributed by atoms with Gasteiger partial charge in [0.25, 0.3) is 0 Å². The van der Waals surface area contributed by atoms with E-state index in [1.54, 1.807) is 0 Å². The molecule has 6 heteroatoms. The van der Waals surface area contributed by atoms with Crippen molar-refractivity contribution < 1.29 is 14.3 Å². The van der Waals surface area contributed by atoms with Gasteiger partial charge in [0.05, 0.1) is 11.1 Å². The Bertz CT molecular complexity index is 1570. The molecular weight excluding hydrogens is 426 g/mol. The van der Waals surface area contributed by atoms with Crippen molar-refractivity contribution in [2.24, 2.45) is 18.9 Å². The second kappa shape index (κ2) is 6.93. The number of carbonyl (C=O) groups excluding carboxylic acids is 2. The van der Waals surface area contributed by atoms with E-state index in [1.807, 2.05) is 54.2 Å². The van der Waals surface area contributed by atoms with E-state index in [-0.39, 0.29) is 0 Å². The number of hydrogen-bond acceptors (Lipinski definition) is 4. The molecule has 7 rings (SSSR count). The lowest BCUT2D eigenvalue weighted by Crippen LogP contribution is -2.28. The maximum Gasteiger partial charge on any atom is 0.347 e. The van der Waals surface area contributed by atoms with E-state index in [1.165, 1.54) is 0 Å². The van der Waals surface area contributed by atoms with E-state index in [2.05, 4.69) is 28.6 Å². The van der Waals surface area contributed by atoms with Crippen LogP contribution >= 0.6 is 0 Å². The Morgan fingerprint density at radius 2 is 1.47 bits per heavy atom. The highest BCUT2D eigenvalue weighted by molar-refractivity contribution is 6.47. The second-order valence-electron chi connectivity index (χ2n) is 9.99. The molecule has 3 aliphatic heterocycles. The zero-order chi connectivity index (χ0) is 23.1. The summed E-state index contributed by atoms with van der Waals surface area (Å²) in [5.74, 6) is 0.0487. The molecule has 0 aliphatic carbocycles. The summed E-state index contributed by atoms with van der Waals surface area (Å²) in [5, 5.41) is 1.96. The van der Waals surface area contributed by atoms with Gasteiger partial charge in [-0.05, 0) is 37.4 Å². The van der Waals surface area contributed by atoms with Crippen LogP contribution in [-0.2, 0) is 34.3 Å². The standard InChI is InChI=1S/C28H25N3O3/c1-29-12-16-11-23-24(19-8-4-6-10-22(19)31(23)14-17(16)13-29)26-25(27(32)34-28(26)33)20-15-30(2)21-9-5-3-7-18(20)21/h3-10,15-17H,11-14H2,1-2H3/t16-,17+/m1/s1. The van der Waals surface area contributed by atoms with Gasteiger partial charge in [-0.3, -0.25) is 0 Å². The van der Waals surface area contributed by atoms with Gasteiger partial charge in [0.15, 0.2) is 0 Å². The molecule has 1 fully saturated rings. The fourth-order valence-corrected chi connectivity index (χ4v) is 6.55. The van der Waals surface area contributed by atoms with Crippen LogP contribution in [0.2, 0.25) is 0 Å². The number of carbonyl (C=O) groups is 2. The monoisotopic (exact) mass is 451 g/mol. The highest BCUT2D eigenvalue weighted by Gasteiger charge is 2.42. The number of para-hydroxylation sites is 2. The summed E-state index contributed by atoms with van der Waals surface area (Å²) in [4.78, 5) is 28.8. The number of hydrogen-bond donors (Lipinski definition) is 0. The lowest BCUT2D eigenvalue weighted by Gasteiger charge is -2.28. The van der Waals surface area contributed by atoms with Crippen LogP contribution in [0, 0.1) is 11.8 Å². The maximum absolute atomic E-state index is 13.3. The summed E-state index contributed by atoms with van der Waals surface area (Å²) in [7, 11) is 4.14. The Hall–Kier alpha value is -3.64.